The highest BCUT2D eigenvalue weighted by molar-refractivity contribution is 5.50. The number of benzene rings is 1. The van der Waals surface area contributed by atoms with Crippen molar-refractivity contribution in [2.75, 3.05) is 25.0 Å². The molecule has 2 N–H and O–H groups in total. The summed E-state index contributed by atoms with van der Waals surface area (Å²) in [6.45, 7) is 6.69. The Bertz CT molecular complexity index is 624. The van der Waals surface area contributed by atoms with Crippen LogP contribution < -0.4 is 11.0 Å². The second kappa shape index (κ2) is 28.4. The highest BCUT2D eigenvalue weighted by Gasteiger charge is 2.13. The number of nitrogens with zero attached hydrogens (tertiary/aromatic N) is 1. The SMILES string of the molecule is CCCCCCCCCCCCCCON(OCCCCCCCCCCCC)c1ccccc1CCCN. The van der Waals surface area contributed by atoms with Gasteiger partial charge in [-0.15, -0.1) is 5.23 Å². The highest BCUT2D eigenvalue weighted by Crippen LogP contribution is 2.23. The molecule has 4 nitrogen and oxygen atoms in total. The van der Waals surface area contributed by atoms with Gasteiger partial charge in [-0.1, -0.05) is 160 Å². The molecule has 0 amide bonds. The van der Waals surface area contributed by atoms with Gasteiger partial charge in [-0.3, -0.25) is 0 Å². The van der Waals surface area contributed by atoms with Crippen molar-refractivity contribution in [1.82, 2.24) is 0 Å². The lowest BCUT2D eigenvalue weighted by Gasteiger charge is -2.25. The van der Waals surface area contributed by atoms with Crippen molar-refractivity contribution in [2.24, 2.45) is 5.73 Å². The molecular weight excluding hydrogens is 480 g/mol. The quantitative estimate of drug-likeness (QED) is 0.0770. The summed E-state index contributed by atoms with van der Waals surface area (Å²) in [6, 6.07) is 8.47. The Morgan fingerprint density at radius 3 is 1.31 bits per heavy atom. The van der Waals surface area contributed by atoms with Gasteiger partial charge in [0.05, 0.1) is 18.9 Å². The monoisotopic (exact) mass is 547 g/mol. The number of rotatable bonds is 30. The van der Waals surface area contributed by atoms with Gasteiger partial charge in [-0.25, -0.2) is 9.68 Å². The van der Waals surface area contributed by atoms with Crippen molar-refractivity contribution < 1.29 is 9.68 Å². The molecule has 0 aliphatic heterocycles. The Kier molecular flexibility index (Phi) is 26.2. The molecule has 0 spiro atoms. The fraction of sp³-hybridized carbons (Fsp3) is 0.829. The fourth-order valence-electron chi connectivity index (χ4n) is 5.20. The Hall–Kier alpha value is -1.10. The van der Waals surface area contributed by atoms with Crippen molar-refractivity contribution in [2.45, 2.75) is 168 Å². The van der Waals surface area contributed by atoms with Crippen molar-refractivity contribution in [3.8, 4) is 0 Å². The largest absolute Gasteiger partial charge is 0.330 e. The molecule has 0 atom stereocenters. The standard InChI is InChI=1S/C35H66N2O2/c1-3-5-7-9-11-13-15-16-18-20-22-26-33-39-37(35-30-24-23-28-34(35)29-27-31-36)38-32-25-21-19-17-14-12-10-8-6-4-2/h23-24,28,30H,3-22,25-27,29,31-33,36H2,1-2H3. The van der Waals surface area contributed by atoms with Crippen LogP contribution in [0.4, 0.5) is 5.69 Å². The molecule has 0 radical (unpaired) electrons. The minimum Gasteiger partial charge on any atom is -0.330 e. The maximum Gasteiger partial charge on any atom is 0.0979 e. The molecule has 0 saturated carbocycles. The van der Waals surface area contributed by atoms with Crippen LogP contribution >= 0.6 is 0 Å². The van der Waals surface area contributed by atoms with Crippen LogP contribution in [0.1, 0.15) is 167 Å². The average Bonchev–Trinajstić information content (AvgIpc) is 2.96. The van der Waals surface area contributed by atoms with E-state index in [0.29, 0.717) is 19.8 Å². The van der Waals surface area contributed by atoms with E-state index in [1.165, 1.54) is 134 Å². The van der Waals surface area contributed by atoms with E-state index in [1.807, 2.05) is 0 Å². The van der Waals surface area contributed by atoms with Gasteiger partial charge >= 0.3 is 0 Å². The van der Waals surface area contributed by atoms with Crippen LogP contribution in [0.5, 0.6) is 0 Å². The average molecular weight is 547 g/mol. The van der Waals surface area contributed by atoms with E-state index in [9.17, 15) is 0 Å². The second-order valence-corrected chi connectivity index (χ2v) is 11.5. The summed E-state index contributed by atoms with van der Waals surface area (Å²) in [7, 11) is 0. The molecular formula is C35H66N2O2. The summed E-state index contributed by atoms with van der Waals surface area (Å²) >= 11 is 0. The zero-order chi connectivity index (χ0) is 28.1. The van der Waals surface area contributed by atoms with Gasteiger partial charge in [0.1, 0.15) is 0 Å². The number of hydrogen-bond donors (Lipinski definition) is 1. The van der Waals surface area contributed by atoms with Gasteiger partial charge in [0.25, 0.3) is 0 Å². The minimum atomic E-state index is 0.702. The fourth-order valence-corrected chi connectivity index (χ4v) is 5.20. The Labute approximate surface area is 243 Å². The van der Waals surface area contributed by atoms with Gasteiger partial charge in [0.15, 0.2) is 0 Å². The van der Waals surface area contributed by atoms with E-state index in [0.717, 1.165) is 31.4 Å². The summed E-state index contributed by atoms with van der Waals surface area (Å²) in [4.78, 5) is 12.4. The smallest absolute Gasteiger partial charge is 0.0979 e. The zero-order valence-corrected chi connectivity index (χ0v) is 26.2. The van der Waals surface area contributed by atoms with Crippen molar-refractivity contribution in [3.63, 3.8) is 0 Å². The molecule has 1 rings (SSSR count). The van der Waals surface area contributed by atoms with Crippen molar-refractivity contribution in [3.05, 3.63) is 29.8 Å². The Morgan fingerprint density at radius 1 is 0.513 bits per heavy atom. The molecule has 0 aromatic heterocycles. The third kappa shape index (κ3) is 21.3. The van der Waals surface area contributed by atoms with Crippen LogP contribution in [-0.4, -0.2) is 19.8 Å². The Morgan fingerprint density at radius 2 is 0.897 bits per heavy atom. The van der Waals surface area contributed by atoms with E-state index in [2.05, 4.69) is 38.1 Å². The first-order chi connectivity index (χ1) is 19.3. The number of anilines is 1. The number of hydrogen-bond acceptors (Lipinski definition) is 4. The molecule has 1 aromatic rings. The number of unbranched alkanes of at least 4 members (excludes halogenated alkanes) is 20. The van der Waals surface area contributed by atoms with E-state index in [-0.39, 0.29) is 0 Å². The number of aryl methyl sites for hydroxylation is 1. The maximum absolute atomic E-state index is 6.21. The molecule has 0 unspecified atom stereocenters. The van der Waals surface area contributed by atoms with Crippen LogP contribution in [-0.2, 0) is 16.1 Å². The topological polar surface area (TPSA) is 47.7 Å². The third-order valence-corrected chi connectivity index (χ3v) is 7.75. The predicted octanol–water partition coefficient (Wildman–Crippen LogP) is 10.9. The van der Waals surface area contributed by atoms with Gasteiger partial charge in [0.2, 0.25) is 0 Å². The normalized spacial score (nSPS) is 11.4. The molecule has 0 fully saturated rings. The molecule has 4 heteroatoms. The lowest BCUT2D eigenvalue weighted by molar-refractivity contribution is -0.0917. The van der Waals surface area contributed by atoms with Crippen LogP contribution in [0.2, 0.25) is 0 Å². The number of para-hydroxylation sites is 1. The van der Waals surface area contributed by atoms with Crippen LogP contribution in [0.3, 0.4) is 0 Å². The van der Waals surface area contributed by atoms with Gasteiger partial charge in [0, 0.05) is 0 Å². The summed E-state index contributed by atoms with van der Waals surface area (Å²) < 4.78 is 0. The lowest BCUT2D eigenvalue weighted by Crippen LogP contribution is -2.26. The molecule has 0 bridgehead atoms. The van der Waals surface area contributed by atoms with Gasteiger partial charge in [-0.2, -0.15) is 0 Å². The molecule has 0 aliphatic carbocycles. The molecule has 228 valence electrons. The first kappa shape index (κ1) is 35.9. The van der Waals surface area contributed by atoms with Crippen molar-refractivity contribution >= 4 is 5.69 Å². The summed E-state index contributed by atoms with van der Waals surface area (Å²) in [5, 5.41) is 1.72. The molecule has 1 aromatic carbocycles. The van der Waals surface area contributed by atoms with E-state index >= 15 is 0 Å². The van der Waals surface area contributed by atoms with Crippen LogP contribution in [0, 0.1) is 0 Å². The Balaban J connectivity index is 2.28. The predicted molar refractivity (Wildman–Crippen MR) is 171 cm³/mol. The van der Waals surface area contributed by atoms with Crippen molar-refractivity contribution in [1.29, 1.82) is 0 Å². The summed E-state index contributed by atoms with van der Waals surface area (Å²) in [5.41, 5.74) is 8.08. The van der Waals surface area contributed by atoms with E-state index in [4.69, 9.17) is 15.4 Å². The second-order valence-electron chi connectivity index (χ2n) is 11.5. The first-order valence-corrected chi connectivity index (χ1v) is 17.2. The minimum absolute atomic E-state index is 0.702. The molecule has 0 aliphatic rings. The maximum atomic E-state index is 6.21. The summed E-state index contributed by atoms with van der Waals surface area (Å²) in [6.07, 6.45) is 31.5. The first-order valence-electron chi connectivity index (χ1n) is 17.2. The molecule has 0 heterocycles. The van der Waals surface area contributed by atoms with Gasteiger partial charge in [-0.05, 0) is 43.9 Å². The zero-order valence-electron chi connectivity index (χ0n) is 26.2. The molecule has 39 heavy (non-hydrogen) atoms. The van der Waals surface area contributed by atoms with Gasteiger partial charge < -0.3 is 5.73 Å². The van der Waals surface area contributed by atoms with Crippen LogP contribution in [0.15, 0.2) is 24.3 Å². The number of nitrogens with two attached hydrogens (primary N) is 1. The van der Waals surface area contributed by atoms with E-state index < -0.39 is 0 Å². The molecule has 0 saturated heterocycles. The van der Waals surface area contributed by atoms with E-state index in [1.54, 1.807) is 5.23 Å². The third-order valence-electron chi connectivity index (χ3n) is 7.75. The lowest BCUT2D eigenvalue weighted by atomic mass is 10.1. The highest BCUT2D eigenvalue weighted by atomic mass is 16.9. The summed E-state index contributed by atoms with van der Waals surface area (Å²) in [5.74, 6) is 0. The van der Waals surface area contributed by atoms with Crippen LogP contribution in [0.25, 0.3) is 0 Å².